The fourth-order valence-electron chi connectivity index (χ4n) is 5.31. The first-order valence-electron chi connectivity index (χ1n) is 12.9. The maximum atomic E-state index is 14.3. The number of thiocarbonyl (C=S) groups is 1. The zero-order valence-corrected chi connectivity index (χ0v) is 25.3. The van der Waals surface area contributed by atoms with Crippen molar-refractivity contribution in [1.82, 2.24) is 19.8 Å². The summed E-state index contributed by atoms with van der Waals surface area (Å²) in [5.74, 6) is 0. The third kappa shape index (κ3) is 5.15. The Morgan fingerprint density at radius 1 is 1.10 bits per heavy atom. The first-order valence-corrected chi connectivity index (χ1v) is 14.9. The summed E-state index contributed by atoms with van der Waals surface area (Å²) in [5.41, 5.74) is 15.6. The van der Waals surface area contributed by atoms with Crippen LogP contribution in [0.2, 0.25) is 10.0 Å². The summed E-state index contributed by atoms with van der Waals surface area (Å²) >= 11 is 18.6. The number of allylic oxidation sites excluding steroid dienone is 1. The van der Waals surface area contributed by atoms with Gasteiger partial charge >= 0.3 is 0 Å². The Morgan fingerprint density at radius 2 is 1.78 bits per heavy atom. The van der Waals surface area contributed by atoms with Crippen molar-refractivity contribution in [2.24, 2.45) is 10.8 Å². The van der Waals surface area contributed by atoms with Crippen molar-refractivity contribution in [2.75, 3.05) is 0 Å². The maximum absolute atomic E-state index is 14.3. The van der Waals surface area contributed by atoms with E-state index in [1.165, 1.54) is 11.3 Å². The lowest BCUT2D eigenvalue weighted by Crippen LogP contribution is -2.25. The lowest BCUT2D eigenvalue weighted by molar-refractivity contribution is 0.815. The van der Waals surface area contributed by atoms with Crippen LogP contribution in [0, 0.1) is 6.92 Å². The third-order valence-electron chi connectivity index (χ3n) is 7.13. The summed E-state index contributed by atoms with van der Waals surface area (Å²) in [6.07, 6.45) is 4.74. The molecule has 7 nitrogen and oxygen atoms in total. The van der Waals surface area contributed by atoms with Gasteiger partial charge in [0.25, 0.3) is 5.56 Å². The first-order chi connectivity index (χ1) is 19.7. The van der Waals surface area contributed by atoms with Gasteiger partial charge in [-0.3, -0.25) is 14.6 Å². The summed E-state index contributed by atoms with van der Waals surface area (Å²) in [5, 5.41) is 6.13. The van der Waals surface area contributed by atoms with Crippen molar-refractivity contribution in [3.05, 3.63) is 96.3 Å². The molecule has 0 amide bonds. The zero-order valence-electron chi connectivity index (χ0n) is 22.2. The molecule has 6 rings (SSSR count). The van der Waals surface area contributed by atoms with Crippen LogP contribution in [0.15, 0.2) is 58.4 Å². The second-order valence-corrected chi connectivity index (χ2v) is 12.1. The molecule has 0 fully saturated rings. The number of pyridine rings is 1. The zero-order chi connectivity index (χ0) is 28.8. The monoisotopic (exact) mass is 618 g/mol. The number of nitrogens with one attached hydrogen (secondary N) is 1. The molecule has 2 aromatic carbocycles. The van der Waals surface area contributed by atoms with Gasteiger partial charge in [0.15, 0.2) is 15.7 Å². The minimum atomic E-state index is -0.172. The van der Waals surface area contributed by atoms with Crippen molar-refractivity contribution >= 4 is 85.2 Å². The van der Waals surface area contributed by atoms with E-state index in [2.05, 4.69) is 16.6 Å². The Balaban J connectivity index is 1.66. The molecular weight excluding hydrogens is 595 g/mol. The van der Waals surface area contributed by atoms with Crippen molar-refractivity contribution in [3.63, 3.8) is 0 Å². The van der Waals surface area contributed by atoms with Gasteiger partial charge in [-0.25, -0.2) is 4.98 Å². The van der Waals surface area contributed by atoms with E-state index in [0.717, 1.165) is 63.4 Å². The fraction of sp³-hybridized carbons (Fsp3) is 0.167. The highest BCUT2D eigenvalue weighted by molar-refractivity contribution is 7.80. The van der Waals surface area contributed by atoms with E-state index in [0.29, 0.717) is 31.8 Å². The Hall–Kier alpha value is -3.63. The number of fused-ring (bicyclic) bond motifs is 3. The van der Waals surface area contributed by atoms with Crippen molar-refractivity contribution < 1.29 is 0 Å². The molecule has 0 atom stereocenters. The van der Waals surface area contributed by atoms with Crippen LogP contribution in [0.25, 0.3) is 38.8 Å². The molecule has 0 radical (unpaired) electrons. The second kappa shape index (κ2) is 11.0. The normalized spacial score (nSPS) is 14.5. The molecule has 41 heavy (non-hydrogen) atoms. The average Bonchev–Trinajstić information content (AvgIpc) is 3.29. The summed E-state index contributed by atoms with van der Waals surface area (Å²) in [7, 11) is 0. The second-order valence-electron chi connectivity index (χ2n) is 9.82. The number of thiazole rings is 1. The predicted molar refractivity (Wildman–Crippen MR) is 174 cm³/mol. The number of rotatable bonds is 4. The van der Waals surface area contributed by atoms with Gasteiger partial charge in [0, 0.05) is 21.3 Å². The fourth-order valence-corrected chi connectivity index (χ4v) is 6.66. The molecule has 11 heteroatoms. The number of nitrogens with zero attached hydrogens (tertiary/aromatic N) is 4. The number of hydrogen-bond acceptors (Lipinski definition) is 6. The van der Waals surface area contributed by atoms with Crippen LogP contribution >= 0.6 is 46.8 Å². The highest BCUT2D eigenvalue weighted by atomic mass is 35.5. The number of halogens is 2. The van der Waals surface area contributed by atoms with Gasteiger partial charge in [-0.2, -0.15) is 10.1 Å². The molecular formula is C30H24Cl2N6OS2. The van der Waals surface area contributed by atoms with Crippen LogP contribution in [0.5, 0.6) is 0 Å². The Morgan fingerprint density at radius 3 is 2.46 bits per heavy atom. The van der Waals surface area contributed by atoms with Gasteiger partial charge in [0.2, 0.25) is 0 Å². The molecule has 0 saturated carbocycles. The van der Waals surface area contributed by atoms with Crippen LogP contribution in [0.4, 0.5) is 0 Å². The standard InChI is InChI=1S/C30H24Cl2N6OS2/c1-15(36-37-29(33)40)26-16(2)38-28(39)24-23(18-8-12-21(32)13-9-18)22-5-3-4-19(14-17-6-10-20(31)11-7-17)25(22)34-27(24)35-30(38)41-26/h6-14H,3-5H2,1-2H3,(H3,33,37,40)/b19-14+,36-15+. The van der Waals surface area contributed by atoms with E-state index in [4.69, 9.17) is 51.1 Å². The molecule has 206 valence electrons. The number of benzene rings is 2. The van der Waals surface area contributed by atoms with Crippen LogP contribution in [-0.2, 0) is 6.42 Å². The molecule has 3 heterocycles. The molecule has 0 unspecified atom stereocenters. The Labute approximate surface area is 255 Å². The van der Waals surface area contributed by atoms with Crippen LogP contribution in [-0.4, -0.2) is 25.2 Å². The van der Waals surface area contributed by atoms with Gasteiger partial charge in [0.05, 0.1) is 21.7 Å². The average molecular weight is 620 g/mol. The largest absolute Gasteiger partial charge is 0.375 e. The quantitative estimate of drug-likeness (QED) is 0.128. The van der Waals surface area contributed by atoms with Crippen LogP contribution in [0.3, 0.4) is 0 Å². The van der Waals surface area contributed by atoms with Gasteiger partial charge < -0.3 is 5.73 Å². The van der Waals surface area contributed by atoms with Crippen molar-refractivity contribution in [1.29, 1.82) is 0 Å². The summed E-state index contributed by atoms with van der Waals surface area (Å²) in [4.78, 5) is 25.6. The SMILES string of the molecule is C/C(=N\NC(N)=S)c1sc2nc3nc4c(c(-c5ccc(Cl)cc5)c3c(=O)n2c1C)CCC/C4=C\c1ccc(Cl)cc1. The van der Waals surface area contributed by atoms with Gasteiger partial charge in [-0.15, -0.1) is 0 Å². The molecule has 1 aliphatic rings. The lowest BCUT2D eigenvalue weighted by atomic mass is 9.84. The lowest BCUT2D eigenvalue weighted by Gasteiger charge is -2.23. The maximum Gasteiger partial charge on any atom is 0.268 e. The van der Waals surface area contributed by atoms with E-state index in [9.17, 15) is 4.79 Å². The highest BCUT2D eigenvalue weighted by Gasteiger charge is 2.26. The number of hydrogen-bond donors (Lipinski definition) is 2. The predicted octanol–water partition coefficient (Wildman–Crippen LogP) is 7.02. The molecule has 0 saturated heterocycles. The smallest absolute Gasteiger partial charge is 0.268 e. The summed E-state index contributed by atoms with van der Waals surface area (Å²) in [6.45, 7) is 3.71. The van der Waals surface area contributed by atoms with Gasteiger partial charge in [-0.1, -0.05) is 58.8 Å². The number of aromatic nitrogens is 3. The van der Waals surface area contributed by atoms with Crippen LogP contribution in [0.1, 0.15) is 47.2 Å². The third-order valence-corrected chi connectivity index (χ3v) is 8.98. The number of aryl methyl sites for hydroxylation is 1. The molecule has 0 spiro atoms. The van der Waals surface area contributed by atoms with Gasteiger partial charge in [-0.05, 0) is 97.9 Å². The summed E-state index contributed by atoms with van der Waals surface area (Å²) in [6, 6.07) is 15.3. The van der Waals surface area contributed by atoms with Gasteiger partial charge in [0.1, 0.15) is 0 Å². The van der Waals surface area contributed by atoms with E-state index in [1.54, 1.807) is 4.40 Å². The van der Waals surface area contributed by atoms with E-state index < -0.39 is 0 Å². The Bertz CT molecular complexity index is 1980. The molecule has 0 bridgehead atoms. The highest BCUT2D eigenvalue weighted by Crippen LogP contribution is 2.40. The van der Waals surface area contributed by atoms with Crippen LogP contribution < -0.4 is 16.7 Å². The van der Waals surface area contributed by atoms with Crippen molar-refractivity contribution in [3.8, 4) is 11.1 Å². The molecule has 3 N–H and O–H groups in total. The van der Waals surface area contributed by atoms with E-state index in [1.807, 2.05) is 62.4 Å². The topological polar surface area (TPSA) is 97.7 Å². The minimum absolute atomic E-state index is 0.0639. The van der Waals surface area contributed by atoms with E-state index >= 15 is 0 Å². The number of hydrazone groups is 1. The van der Waals surface area contributed by atoms with Crippen molar-refractivity contribution in [2.45, 2.75) is 33.1 Å². The first kappa shape index (κ1) is 27.5. The molecule has 0 aliphatic heterocycles. The minimum Gasteiger partial charge on any atom is -0.375 e. The summed E-state index contributed by atoms with van der Waals surface area (Å²) < 4.78 is 1.64. The molecule has 5 aromatic rings. The Kier molecular flexibility index (Phi) is 7.37. The molecule has 3 aromatic heterocycles. The number of nitrogens with two attached hydrogens (primary N) is 1. The molecule has 1 aliphatic carbocycles. The van der Waals surface area contributed by atoms with E-state index in [-0.39, 0.29) is 10.7 Å².